The highest BCUT2D eigenvalue weighted by atomic mass is 16.4. The second-order valence-corrected chi connectivity index (χ2v) is 7.28. The zero-order valence-corrected chi connectivity index (χ0v) is 14.4. The van der Waals surface area contributed by atoms with E-state index in [0.717, 1.165) is 49.7 Å². The van der Waals surface area contributed by atoms with E-state index in [1.807, 2.05) is 25.2 Å². The highest BCUT2D eigenvalue weighted by molar-refractivity contribution is 5.76. The third-order valence-electron chi connectivity index (χ3n) is 5.84. The maximum Gasteiger partial charge on any atom is 0.311 e. The molecule has 0 spiro atoms. The Balaban J connectivity index is 1.47. The molecule has 0 bridgehead atoms. The highest BCUT2D eigenvalue weighted by Crippen LogP contribution is 2.42. The summed E-state index contributed by atoms with van der Waals surface area (Å²) in [5, 5.41) is 16.7. The lowest BCUT2D eigenvalue weighted by molar-refractivity contribution is -0.162. The number of carboxylic acid groups (broad SMARTS) is 1. The van der Waals surface area contributed by atoms with Gasteiger partial charge < -0.3 is 14.4 Å². The topological polar surface area (TPSA) is 85.6 Å². The molecule has 2 saturated heterocycles. The van der Waals surface area contributed by atoms with E-state index in [1.54, 1.807) is 6.20 Å². The summed E-state index contributed by atoms with van der Waals surface area (Å²) < 4.78 is 5.92. The van der Waals surface area contributed by atoms with Crippen LogP contribution in [0.3, 0.4) is 0 Å². The van der Waals surface area contributed by atoms with E-state index >= 15 is 0 Å². The Kier molecular flexibility index (Phi) is 4.13. The number of carbonyl (C=O) groups is 1. The van der Waals surface area contributed by atoms with Gasteiger partial charge in [-0.25, -0.2) is 0 Å². The van der Waals surface area contributed by atoms with Crippen molar-refractivity contribution in [1.82, 2.24) is 20.0 Å². The van der Waals surface area contributed by atoms with Crippen LogP contribution in [0.25, 0.3) is 11.5 Å². The summed E-state index contributed by atoms with van der Waals surface area (Å²) in [4.78, 5) is 16.5. The summed E-state index contributed by atoms with van der Waals surface area (Å²) in [7, 11) is 2.05. The summed E-state index contributed by atoms with van der Waals surface area (Å²) in [6.45, 7) is 3.23. The molecule has 2 N–H and O–H groups in total. The monoisotopic (exact) mass is 344 g/mol. The average Bonchev–Trinajstić information content (AvgIpc) is 3.27. The average molecular weight is 344 g/mol. The van der Waals surface area contributed by atoms with Gasteiger partial charge in [-0.1, -0.05) is 0 Å². The molecule has 134 valence electrons. The van der Waals surface area contributed by atoms with E-state index < -0.39 is 11.4 Å². The summed E-state index contributed by atoms with van der Waals surface area (Å²) in [5.74, 6) is 1.04. The smallest absolute Gasteiger partial charge is 0.311 e. The molecular weight excluding hydrogens is 320 g/mol. The van der Waals surface area contributed by atoms with Gasteiger partial charge in [0.25, 0.3) is 0 Å². The zero-order chi connectivity index (χ0) is 17.4. The number of rotatable bonds is 4. The van der Waals surface area contributed by atoms with Crippen molar-refractivity contribution < 1.29 is 14.3 Å². The SMILES string of the molecule is CN1CCC[C@]2(C(=O)O)CCN(Cc3ccc(-c4ccn[nH]4)o3)C[C@@H]12. The van der Waals surface area contributed by atoms with Gasteiger partial charge in [0.05, 0.1) is 12.0 Å². The summed E-state index contributed by atoms with van der Waals surface area (Å²) in [6.07, 6.45) is 4.15. The number of H-pyrrole nitrogens is 1. The number of nitrogens with one attached hydrogen (secondary N) is 1. The first-order chi connectivity index (χ1) is 12.1. The van der Waals surface area contributed by atoms with Crippen LogP contribution in [0.1, 0.15) is 25.0 Å². The number of piperidine rings is 2. The van der Waals surface area contributed by atoms with Gasteiger partial charge in [-0.05, 0) is 57.6 Å². The quantitative estimate of drug-likeness (QED) is 0.883. The standard InChI is InChI=1S/C18H24N4O3/c1-21-9-2-6-18(17(23)24)7-10-22(12-16(18)21)11-13-3-4-15(25-13)14-5-8-19-20-14/h3-5,8,16H,2,6-7,9-12H2,1H3,(H,19,20)(H,23,24)/t16-,18+/m1/s1. The van der Waals surface area contributed by atoms with E-state index in [1.165, 1.54) is 0 Å². The first kappa shape index (κ1) is 16.4. The molecule has 7 heteroatoms. The molecule has 2 aliphatic heterocycles. The number of aliphatic carboxylic acids is 1. The fourth-order valence-corrected chi connectivity index (χ4v) is 4.41. The van der Waals surface area contributed by atoms with Crippen molar-refractivity contribution in [3.63, 3.8) is 0 Å². The second-order valence-electron chi connectivity index (χ2n) is 7.28. The van der Waals surface area contributed by atoms with Crippen molar-refractivity contribution in [2.75, 3.05) is 26.7 Å². The fourth-order valence-electron chi connectivity index (χ4n) is 4.41. The molecule has 2 aromatic heterocycles. The molecule has 0 radical (unpaired) electrons. The van der Waals surface area contributed by atoms with Gasteiger partial charge in [0.2, 0.25) is 0 Å². The Morgan fingerprint density at radius 2 is 2.28 bits per heavy atom. The van der Waals surface area contributed by atoms with Gasteiger partial charge in [0.1, 0.15) is 11.5 Å². The predicted molar refractivity (Wildman–Crippen MR) is 91.9 cm³/mol. The van der Waals surface area contributed by atoms with Crippen molar-refractivity contribution in [3.8, 4) is 11.5 Å². The fraction of sp³-hybridized carbons (Fsp3) is 0.556. The summed E-state index contributed by atoms with van der Waals surface area (Å²) in [5.41, 5.74) is 0.273. The van der Waals surface area contributed by atoms with Gasteiger partial charge >= 0.3 is 5.97 Å². The molecule has 4 rings (SSSR count). The van der Waals surface area contributed by atoms with Crippen LogP contribution < -0.4 is 0 Å². The summed E-state index contributed by atoms with van der Waals surface area (Å²) >= 11 is 0. The molecule has 7 nitrogen and oxygen atoms in total. The molecule has 25 heavy (non-hydrogen) atoms. The van der Waals surface area contributed by atoms with Crippen molar-refractivity contribution in [3.05, 3.63) is 30.2 Å². The minimum absolute atomic E-state index is 0.0644. The third kappa shape index (κ3) is 2.87. The molecule has 2 aromatic rings. The van der Waals surface area contributed by atoms with Crippen LogP contribution >= 0.6 is 0 Å². The zero-order valence-electron chi connectivity index (χ0n) is 14.4. The van der Waals surface area contributed by atoms with E-state index in [-0.39, 0.29) is 6.04 Å². The van der Waals surface area contributed by atoms with Crippen LogP contribution in [0.2, 0.25) is 0 Å². The number of aromatic nitrogens is 2. The van der Waals surface area contributed by atoms with Crippen LogP contribution in [-0.4, -0.2) is 63.8 Å². The number of carboxylic acids is 1. The molecule has 0 unspecified atom stereocenters. The Bertz CT molecular complexity index is 741. The molecule has 0 aromatic carbocycles. The minimum Gasteiger partial charge on any atom is -0.481 e. The minimum atomic E-state index is -0.636. The number of fused-ring (bicyclic) bond motifs is 1. The largest absolute Gasteiger partial charge is 0.481 e. The van der Waals surface area contributed by atoms with Crippen LogP contribution in [0, 0.1) is 5.41 Å². The lowest BCUT2D eigenvalue weighted by Gasteiger charge is -2.51. The Labute approximate surface area is 146 Å². The van der Waals surface area contributed by atoms with Crippen molar-refractivity contribution in [1.29, 1.82) is 0 Å². The molecule has 0 saturated carbocycles. The summed E-state index contributed by atoms with van der Waals surface area (Å²) in [6, 6.07) is 5.87. The Morgan fingerprint density at radius 3 is 3.04 bits per heavy atom. The van der Waals surface area contributed by atoms with E-state index in [0.29, 0.717) is 13.0 Å². The number of nitrogens with zero attached hydrogens (tertiary/aromatic N) is 3. The highest BCUT2D eigenvalue weighted by Gasteiger charge is 2.52. The van der Waals surface area contributed by atoms with E-state index in [9.17, 15) is 9.90 Å². The Morgan fingerprint density at radius 1 is 1.40 bits per heavy atom. The van der Waals surface area contributed by atoms with E-state index in [2.05, 4.69) is 20.0 Å². The first-order valence-corrected chi connectivity index (χ1v) is 8.83. The number of furan rings is 1. The normalized spacial score (nSPS) is 28.0. The third-order valence-corrected chi connectivity index (χ3v) is 5.84. The van der Waals surface area contributed by atoms with Crippen LogP contribution in [-0.2, 0) is 11.3 Å². The van der Waals surface area contributed by atoms with Gasteiger partial charge in [-0.15, -0.1) is 0 Å². The number of hydrogen-bond acceptors (Lipinski definition) is 5. The van der Waals surface area contributed by atoms with Crippen LogP contribution in [0.4, 0.5) is 0 Å². The van der Waals surface area contributed by atoms with Gasteiger partial charge in [0, 0.05) is 18.8 Å². The molecule has 2 aliphatic rings. The van der Waals surface area contributed by atoms with Gasteiger partial charge in [0.15, 0.2) is 5.76 Å². The van der Waals surface area contributed by atoms with Gasteiger partial charge in [-0.2, -0.15) is 5.10 Å². The molecule has 0 amide bonds. The van der Waals surface area contributed by atoms with Crippen LogP contribution in [0.5, 0.6) is 0 Å². The molecule has 0 aliphatic carbocycles. The number of aromatic amines is 1. The van der Waals surface area contributed by atoms with Crippen LogP contribution in [0.15, 0.2) is 28.8 Å². The number of hydrogen-bond donors (Lipinski definition) is 2. The van der Waals surface area contributed by atoms with Crippen molar-refractivity contribution in [2.45, 2.75) is 31.8 Å². The molecule has 2 fully saturated rings. The first-order valence-electron chi connectivity index (χ1n) is 8.83. The molecular formula is C18H24N4O3. The molecule has 4 heterocycles. The predicted octanol–water partition coefficient (Wildman–Crippen LogP) is 2.04. The number of likely N-dealkylation sites (N-methyl/N-ethyl adjacent to an activating group) is 1. The Hall–Kier alpha value is -2.12. The second kappa shape index (κ2) is 6.31. The molecule has 2 atom stereocenters. The van der Waals surface area contributed by atoms with Crippen molar-refractivity contribution >= 4 is 5.97 Å². The maximum atomic E-state index is 12.0. The van der Waals surface area contributed by atoms with Gasteiger partial charge in [-0.3, -0.25) is 14.8 Å². The maximum absolute atomic E-state index is 12.0. The van der Waals surface area contributed by atoms with Crippen molar-refractivity contribution in [2.24, 2.45) is 5.41 Å². The lowest BCUT2D eigenvalue weighted by Crippen LogP contribution is -2.62. The number of likely N-dealkylation sites (tertiary alicyclic amines) is 2. The lowest BCUT2D eigenvalue weighted by atomic mass is 9.68. The van der Waals surface area contributed by atoms with E-state index in [4.69, 9.17) is 4.42 Å².